The molecule has 2 N–H and O–H groups in total. The van der Waals surface area contributed by atoms with Gasteiger partial charge >= 0.3 is 5.97 Å². The van der Waals surface area contributed by atoms with E-state index in [2.05, 4.69) is 9.72 Å². The fourth-order valence-corrected chi connectivity index (χ4v) is 2.64. The summed E-state index contributed by atoms with van der Waals surface area (Å²) < 4.78 is 27.1. The highest BCUT2D eigenvalue weighted by atomic mass is 32.2. The smallest absolute Gasteiger partial charge is 0.356 e. The first-order valence-electron chi connectivity index (χ1n) is 5.70. The number of primary sulfonamides is 1. The van der Waals surface area contributed by atoms with Crippen molar-refractivity contribution in [1.29, 1.82) is 0 Å². The zero-order chi connectivity index (χ0) is 14.9. The Morgan fingerprint density at radius 1 is 1.50 bits per heavy atom. The molecule has 1 aromatic rings. The third kappa shape index (κ3) is 2.78. The lowest BCUT2D eigenvalue weighted by Gasteiger charge is -2.15. The Hall–Kier alpha value is -2.00. The maximum absolute atomic E-state index is 11.8. The van der Waals surface area contributed by atoms with Gasteiger partial charge < -0.3 is 4.74 Å². The average Bonchev–Trinajstić information content (AvgIpc) is 2.80. The summed E-state index contributed by atoms with van der Waals surface area (Å²) in [6, 6.07) is 4.48. The lowest BCUT2D eigenvalue weighted by atomic mass is 10.3. The number of hydrogen-bond donors (Lipinski definition) is 1. The van der Waals surface area contributed by atoms with Crippen LogP contribution in [0.5, 0.6) is 0 Å². The van der Waals surface area contributed by atoms with Crippen LogP contribution in [0.4, 0.5) is 5.82 Å². The standard InChI is InChI=1S/C11H13N3O5S/c1-19-11(16)8-3-2-4-9(13-8)14-6-7(5-10(14)15)20(12,17)18/h2-4,7H,5-6H2,1H3,(H2,12,17,18). The highest BCUT2D eigenvalue weighted by Gasteiger charge is 2.37. The van der Waals surface area contributed by atoms with E-state index in [-0.39, 0.29) is 24.5 Å². The van der Waals surface area contributed by atoms with E-state index in [9.17, 15) is 18.0 Å². The maximum atomic E-state index is 11.8. The molecule has 20 heavy (non-hydrogen) atoms. The third-order valence-corrected chi connectivity index (χ3v) is 4.20. The zero-order valence-corrected chi connectivity index (χ0v) is 11.5. The molecule has 0 bridgehead atoms. The van der Waals surface area contributed by atoms with Gasteiger partial charge in [0.2, 0.25) is 15.9 Å². The van der Waals surface area contributed by atoms with Crippen LogP contribution in [0.1, 0.15) is 16.9 Å². The van der Waals surface area contributed by atoms with Gasteiger partial charge in [0.1, 0.15) is 11.1 Å². The second-order valence-electron chi connectivity index (χ2n) is 4.29. The predicted molar refractivity (Wildman–Crippen MR) is 69.4 cm³/mol. The van der Waals surface area contributed by atoms with Gasteiger partial charge in [-0.3, -0.25) is 9.69 Å². The molecule has 0 spiro atoms. The monoisotopic (exact) mass is 299 g/mol. The molecular weight excluding hydrogens is 286 g/mol. The van der Waals surface area contributed by atoms with Crippen molar-refractivity contribution < 1.29 is 22.7 Å². The molecule has 1 aromatic heterocycles. The molecule has 108 valence electrons. The van der Waals surface area contributed by atoms with Gasteiger partial charge in [-0.15, -0.1) is 0 Å². The molecule has 1 aliphatic rings. The maximum Gasteiger partial charge on any atom is 0.356 e. The first-order chi connectivity index (χ1) is 9.32. The fourth-order valence-electron chi connectivity index (χ4n) is 1.91. The van der Waals surface area contributed by atoms with E-state index in [1.54, 1.807) is 0 Å². The summed E-state index contributed by atoms with van der Waals surface area (Å²) in [6.45, 7) is -0.0741. The van der Waals surface area contributed by atoms with E-state index < -0.39 is 27.1 Å². The number of sulfonamides is 1. The van der Waals surface area contributed by atoms with Gasteiger partial charge in [-0.05, 0) is 12.1 Å². The molecule has 1 unspecified atom stereocenters. The first kappa shape index (κ1) is 14.4. The zero-order valence-electron chi connectivity index (χ0n) is 10.6. The topological polar surface area (TPSA) is 120 Å². The summed E-state index contributed by atoms with van der Waals surface area (Å²) in [6.07, 6.45) is -0.192. The van der Waals surface area contributed by atoms with Gasteiger partial charge in [0.25, 0.3) is 0 Å². The van der Waals surface area contributed by atoms with Crippen LogP contribution >= 0.6 is 0 Å². The normalized spacial score (nSPS) is 19.2. The highest BCUT2D eigenvalue weighted by molar-refractivity contribution is 7.89. The molecule has 0 radical (unpaired) electrons. The molecular formula is C11H13N3O5S. The number of carbonyl (C=O) groups is 2. The molecule has 8 nitrogen and oxygen atoms in total. The molecule has 1 fully saturated rings. The number of hydrogen-bond acceptors (Lipinski definition) is 6. The minimum Gasteiger partial charge on any atom is -0.464 e. The number of rotatable bonds is 3. The Kier molecular flexibility index (Phi) is 3.73. The molecule has 0 aromatic carbocycles. The number of ether oxygens (including phenoxy) is 1. The lowest BCUT2D eigenvalue weighted by molar-refractivity contribution is -0.117. The van der Waals surface area contributed by atoms with Crippen molar-refractivity contribution in [1.82, 2.24) is 4.98 Å². The molecule has 1 saturated heterocycles. The number of methoxy groups -OCH3 is 1. The molecule has 1 aliphatic heterocycles. The quantitative estimate of drug-likeness (QED) is 0.734. The van der Waals surface area contributed by atoms with Crippen molar-refractivity contribution in [3.63, 3.8) is 0 Å². The minimum absolute atomic E-state index is 0.0388. The van der Waals surface area contributed by atoms with Crippen molar-refractivity contribution in [2.45, 2.75) is 11.7 Å². The summed E-state index contributed by atoms with van der Waals surface area (Å²) in [5.74, 6) is -0.843. The van der Waals surface area contributed by atoms with Crippen LogP contribution < -0.4 is 10.0 Å². The van der Waals surface area contributed by atoms with Crippen LogP contribution in [-0.2, 0) is 19.6 Å². The third-order valence-electron chi connectivity index (χ3n) is 2.96. The molecule has 0 saturated carbocycles. The predicted octanol–water partition coefficient (Wildman–Crippen LogP) is -0.738. The van der Waals surface area contributed by atoms with E-state index in [0.717, 1.165) is 0 Å². The van der Waals surface area contributed by atoms with Gasteiger partial charge in [-0.2, -0.15) is 0 Å². The number of nitrogens with zero attached hydrogens (tertiary/aromatic N) is 2. The Morgan fingerprint density at radius 3 is 2.75 bits per heavy atom. The van der Waals surface area contributed by atoms with E-state index in [1.165, 1.54) is 30.2 Å². The van der Waals surface area contributed by atoms with Gasteiger partial charge in [-0.1, -0.05) is 6.07 Å². The van der Waals surface area contributed by atoms with Crippen LogP contribution in [0.25, 0.3) is 0 Å². The van der Waals surface area contributed by atoms with Crippen LogP contribution in [0.15, 0.2) is 18.2 Å². The fraction of sp³-hybridized carbons (Fsp3) is 0.364. The van der Waals surface area contributed by atoms with Crippen molar-refractivity contribution in [2.24, 2.45) is 5.14 Å². The first-order valence-corrected chi connectivity index (χ1v) is 7.31. The molecule has 0 aliphatic carbocycles. The summed E-state index contributed by atoms with van der Waals surface area (Å²) in [5, 5.41) is 4.08. The molecule has 2 rings (SSSR count). The van der Waals surface area contributed by atoms with E-state index >= 15 is 0 Å². The summed E-state index contributed by atoms with van der Waals surface area (Å²) in [7, 11) is -2.57. The number of pyridine rings is 1. The van der Waals surface area contributed by atoms with Crippen molar-refractivity contribution in [3.8, 4) is 0 Å². The second kappa shape index (κ2) is 5.17. The SMILES string of the molecule is COC(=O)c1cccc(N2CC(S(N)(=O)=O)CC2=O)n1. The van der Waals surface area contributed by atoms with E-state index in [0.29, 0.717) is 0 Å². The molecule has 9 heteroatoms. The number of amides is 1. The molecule has 1 atom stereocenters. The largest absolute Gasteiger partial charge is 0.464 e. The van der Waals surface area contributed by atoms with Crippen LogP contribution in [-0.4, -0.2) is 44.2 Å². The van der Waals surface area contributed by atoms with Crippen LogP contribution in [0.2, 0.25) is 0 Å². The van der Waals surface area contributed by atoms with E-state index in [4.69, 9.17) is 5.14 Å². The van der Waals surface area contributed by atoms with Gasteiger partial charge in [0, 0.05) is 13.0 Å². The van der Waals surface area contributed by atoms with Gasteiger partial charge in [0.05, 0.1) is 7.11 Å². The van der Waals surface area contributed by atoms with Crippen LogP contribution in [0.3, 0.4) is 0 Å². The van der Waals surface area contributed by atoms with Crippen molar-refractivity contribution in [3.05, 3.63) is 23.9 Å². The summed E-state index contributed by atoms with van der Waals surface area (Å²) in [5.41, 5.74) is 0.0388. The number of anilines is 1. The second-order valence-corrected chi connectivity index (χ2v) is 6.14. The lowest BCUT2D eigenvalue weighted by Crippen LogP contribution is -2.32. The Morgan fingerprint density at radius 2 is 2.20 bits per heavy atom. The van der Waals surface area contributed by atoms with Crippen molar-refractivity contribution >= 4 is 27.7 Å². The van der Waals surface area contributed by atoms with Gasteiger partial charge in [-0.25, -0.2) is 23.3 Å². The number of esters is 1. The van der Waals surface area contributed by atoms with Crippen molar-refractivity contribution in [2.75, 3.05) is 18.6 Å². The molecule has 1 amide bonds. The Bertz CT molecular complexity index is 658. The van der Waals surface area contributed by atoms with Gasteiger partial charge in [0.15, 0.2) is 5.69 Å². The van der Waals surface area contributed by atoms with E-state index in [1.807, 2.05) is 0 Å². The Labute approximate surface area is 115 Å². The number of carbonyl (C=O) groups excluding carboxylic acids is 2. The number of nitrogens with two attached hydrogens (primary N) is 1. The van der Waals surface area contributed by atoms with Crippen LogP contribution in [0, 0.1) is 0 Å². The summed E-state index contributed by atoms with van der Waals surface area (Å²) in [4.78, 5) is 28.4. The Balaban J connectivity index is 2.29. The molecule has 2 heterocycles. The highest BCUT2D eigenvalue weighted by Crippen LogP contribution is 2.22. The minimum atomic E-state index is -3.79. The number of aromatic nitrogens is 1. The average molecular weight is 299 g/mol. The summed E-state index contributed by atoms with van der Waals surface area (Å²) >= 11 is 0.